The van der Waals surface area contributed by atoms with E-state index in [2.05, 4.69) is 15.3 Å². The van der Waals surface area contributed by atoms with Gasteiger partial charge in [-0.2, -0.15) is 4.98 Å². The third-order valence-corrected chi connectivity index (χ3v) is 2.92. The maximum Gasteiger partial charge on any atom is 0.225 e. The molecule has 0 aromatic carbocycles. The van der Waals surface area contributed by atoms with Crippen molar-refractivity contribution in [1.29, 1.82) is 0 Å². The monoisotopic (exact) mass is 227 g/mol. The van der Waals surface area contributed by atoms with Gasteiger partial charge < -0.3 is 10.1 Å². The summed E-state index contributed by atoms with van der Waals surface area (Å²) in [6, 6.07) is 1.73. The molecule has 0 amide bonds. The maximum atomic E-state index is 5.89. The molecule has 1 aliphatic rings. The highest BCUT2D eigenvalue weighted by Gasteiger charge is 2.26. The molecule has 15 heavy (non-hydrogen) atoms. The zero-order valence-corrected chi connectivity index (χ0v) is 9.37. The molecule has 2 rings (SSSR count). The second-order valence-corrected chi connectivity index (χ2v) is 4.36. The van der Waals surface area contributed by atoms with Crippen molar-refractivity contribution in [2.75, 3.05) is 19.0 Å². The maximum absolute atomic E-state index is 5.89. The second-order valence-electron chi connectivity index (χ2n) is 3.74. The SMILES string of the molecule is COc1ccnc(NCC2CC(Cl)C2)n1. The molecule has 1 aliphatic carbocycles. The zero-order chi connectivity index (χ0) is 10.7. The molecule has 1 N–H and O–H groups in total. The van der Waals surface area contributed by atoms with Gasteiger partial charge in [0, 0.05) is 24.2 Å². The van der Waals surface area contributed by atoms with Crippen LogP contribution < -0.4 is 10.1 Å². The van der Waals surface area contributed by atoms with Gasteiger partial charge in [0.2, 0.25) is 11.8 Å². The van der Waals surface area contributed by atoms with Crippen molar-refractivity contribution in [1.82, 2.24) is 9.97 Å². The Labute approximate surface area is 94.0 Å². The molecule has 1 saturated carbocycles. The fraction of sp³-hybridized carbons (Fsp3) is 0.600. The summed E-state index contributed by atoms with van der Waals surface area (Å²) in [5, 5.41) is 3.54. The van der Waals surface area contributed by atoms with Gasteiger partial charge in [0.25, 0.3) is 0 Å². The number of hydrogen-bond donors (Lipinski definition) is 1. The summed E-state index contributed by atoms with van der Waals surface area (Å²) in [5.74, 6) is 1.85. The Balaban J connectivity index is 1.82. The molecule has 1 aromatic heterocycles. The van der Waals surface area contributed by atoms with Crippen LogP contribution in [0, 0.1) is 5.92 Å². The highest BCUT2D eigenvalue weighted by molar-refractivity contribution is 6.21. The zero-order valence-electron chi connectivity index (χ0n) is 8.61. The molecule has 0 unspecified atom stereocenters. The van der Waals surface area contributed by atoms with Gasteiger partial charge in [-0.15, -0.1) is 11.6 Å². The van der Waals surface area contributed by atoms with Crippen molar-refractivity contribution in [2.24, 2.45) is 5.92 Å². The van der Waals surface area contributed by atoms with Gasteiger partial charge in [-0.1, -0.05) is 0 Å². The molecule has 1 aromatic rings. The van der Waals surface area contributed by atoms with Crippen molar-refractivity contribution in [2.45, 2.75) is 18.2 Å². The quantitative estimate of drug-likeness (QED) is 0.799. The van der Waals surface area contributed by atoms with Crippen LogP contribution in [0.3, 0.4) is 0 Å². The summed E-state index contributed by atoms with van der Waals surface area (Å²) >= 11 is 5.89. The lowest BCUT2D eigenvalue weighted by Gasteiger charge is -2.30. The Morgan fingerprint density at radius 3 is 3.07 bits per heavy atom. The van der Waals surface area contributed by atoms with Crippen LogP contribution >= 0.6 is 11.6 Å². The van der Waals surface area contributed by atoms with E-state index in [9.17, 15) is 0 Å². The van der Waals surface area contributed by atoms with Crippen molar-refractivity contribution < 1.29 is 4.74 Å². The fourth-order valence-electron chi connectivity index (χ4n) is 1.60. The average molecular weight is 228 g/mol. The number of nitrogens with zero attached hydrogens (tertiary/aromatic N) is 2. The first kappa shape index (κ1) is 10.5. The molecule has 0 radical (unpaired) electrons. The minimum atomic E-state index is 0.364. The number of ether oxygens (including phenoxy) is 1. The van der Waals surface area contributed by atoms with Gasteiger partial charge in [0.1, 0.15) is 0 Å². The van der Waals surface area contributed by atoms with E-state index in [0.29, 0.717) is 23.1 Å². The second kappa shape index (κ2) is 4.66. The topological polar surface area (TPSA) is 47.0 Å². The largest absolute Gasteiger partial charge is 0.481 e. The van der Waals surface area contributed by atoms with Crippen molar-refractivity contribution in [3.63, 3.8) is 0 Å². The Hall–Kier alpha value is -1.03. The Bertz CT molecular complexity index is 328. The smallest absolute Gasteiger partial charge is 0.225 e. The minimum absolute atomic E-state index is 0.364. The first-order valence-corrected chi connectivity index (χ1v) is 5.46. The molecule has 5 heteroatoms. The van der Waals surface area contributed by atoms with Crippen LogP contribution in [0.1, 0.15) is 12.8 Å². The molecule has 1 fully saturated rings. The summed E-state index contributed by atoms with van der Waals surface area (Å²) in [6.07, 6.45) is 3.84. The molecule has 0 atom stereocenters. The lowest BCUT2D eigenvalue weighted by Crippen LogP contribution is -2.30. The van der Waals surface area contributed by atoms with E-state index in [1.165, 1.54) is 0 Å². The van der Waals surface area contributed by atoms with Crippen LogP contribution in [0.4, 0.5) is 5.95 Å². The summed E-state index contributed by atoms with van der Waals surface area (Å²) in [5.41, 5.74) is 0. The van der Waals surface area contributed by atoms with Gasteiger partial charge in [-0.3, -0.25) is 0 Å². The van der Waals surface area contributed by atoms with Gasteiger partial charge in [0.05, 0.1) is 7.11 Å². The summed E-state index contributed by atoms with van der Waals surface area (Å²) in [6.45, 7) is 0.885. The Morgan fingerprint density at radius 2 is 2.40 bits per heavy atom. The number of anilines is 1. The van der Waals surface area contributed by atoms with Gasteiger partial charge in [-0.25, -0.2) is 4.98 Å². The Kier molecular flexibility index (Phi) is 3.26. The van der Waals surface area contributed by atoms with Crippen LogP contribution in [0.5, 0.6) is 5.88 Å². The van der Waals surface area contributed by atoms with Gasteiger partial charge in [0.15, 0.2) is 0 Å². The average Bonchev–Trinajstić information content (AvgIpc) is 2.23. The predicted molar refractivity (Wildman–Crippen MR) is 59.4 cm³/mol. The highest BCUT2D eigenvalue weighted by atomic mass is 35.5. The van der Waals surface area contributed by atoms with Crippen LogP contribution in [-0.4, -0.2) is 29.0 Å². The van der Waals surface area contributed by atoms with Crippen LogP contribution in [0.15, 0.2) is 12.3 Å². The van der Waals surface area contributed by atoms with Crippen LogP contribution in [-0.2, 0) is 0 Å². The summed E-state index contributed by atoms with van der Waals surface area (Å²) in [7, 11) is 1.59. The first-order valence-electron chi connectivity index (χ1n) is 5.03. The number of halogens is 1. The van der Waals surface area contributed by atoms with E-state index in [0.717, 1.165) is 19.4 Å². The van der Waals surface area contributed by atoms with E-state index in [-0.39, 0.29) is 0 Å². The van der Waals surface area contributed by atoms with Crippen molar-refractivity contribution in [3.05, 3.63) is 12.3 Å². The van der Waals surface area contributed by atoms with E-state index >= 15 is 0 Å². The van der Waals surface area contributed by atoms with Gasteiger partial charge in [-0.05, 0) is 18.8 Å². The summed E-state index contributed by atoms with van der Waals surface area (Å²) < 4.78 is 5.01. The molecule has 0 bridgehead atoms. The molecule has 4 nitrogen and oxygen atoms in total. The van der Waals surface area contributed by atoms with E-state index in [1.54, 1.807) is 19.4 Å². The minimum Gasteiger partial charge on any atom is -0.481 e. The number of methoxy groups -OCH3 is 1. The van der Waals surface area contributed by atoms with Gasteiger partial charge >= 0.3 is 0 Å². The van der Waals surface area contributed by atoms with Crippen molar-refractivity contribution >= 4 is 17.5 Å². The summed E-state index contributed by atoms with van der Waals surface area (Å²) in [4.78, 5) is 8.26. The Morgan fingerprint density at radius 1 is 1.60 bits per heavy atom. The number of aromatic nitrogens is 2. The van der Waals surface area contributed by atoms with E-state index in [4.69, 9.17) is 16.3 Å². The number of rotatable bonds is 4. The number of hydrogen-bond acceptors (Lipinski definition) is 4. The fourth-order valence-corrected chi connectivity index (χ4v) is 2.10. The van der Waals surface area contributed by atoms with Crippen molar-refractivity contribution in [3.8, 4) is 5.88 Å². The van der Waals surface area contributed by atoms with E-state index in [1.807, 2.05) is 0 Å². The third kappa shape index (κ3) is 2.72. The molecule has 82 valence electrons. The molecule has 0 spiro atoms. The first-order chi connectivity index (χ1) is 7.28. The van der Waals surface area contributed by atoms with E-state index < -0.39 is 0 Å². The number of nitrogens with one attached hydrogen (secondary N) is 1. The third-order valence-electron chi connectivity index (χ3n) is 2.57. The molecule has 1 heterocycles. The highest BCUT2D eigenvalue weighted by Crippen LogP contribution is 2.31. The lowest BCUT2D eigenvalue weighted by atomic mass is 9.85. The molecule has 0 aliphatic heterocycles. The molecular formula is C10H14ClN3O. The molecule has 0 saturated heterocycles. The van der Waals surface area contributed by atoms with Crippen LogP contribution in [0.25, 0.3) is 0 Å². The predicted octanol–water partition coefficient (Wildman–Crippen LogP) is 1.91. The normalized spacial score (nSPS) is 24.4. The number of alkyl halides is 1. The van der Waals surface area contributed by atoms with Crippen LogP contribution in [0.2, 0.25) is 0 Å². The lowest BCUT2D eigenvalue weighted by molar-refractivity contribution is 0.340. The standard InChI is InChI=1S/C10H14ClN3O/c1-15-9-2-3-12-10(14-9)13-6-7-4-8(11)5-7/h2-3,7-8H,4-6H2,1H3,(H,12,13,14). The molecular weight excluding hydrogens is 214 g/mol.